The topological polar surface area (TPSA) is 57.8 Å². The molecule has 1 aromatic heterocycles. The average molecular weight is 426 g/mol. The van der Waals surface area contributed by atoms with Crippen LogP contribution in [0, 0.1) is 3.57 Å². The van der Waals surface area contributed by atoms with Gasteiger partial charge in [-0.2, -0.15) is 0 Å². The fourth-order valence-corrected chi connectivity index (χ4v) is 2.15. The number of halogens is 3. The molecule has 0 saturated heterocycles. The van der Waals surface area contributed by atoms with Crippen molar-refractivity contribution in [2.24, 2.45) is 0 Å². The first-order valence-electron chi connectivity index (χ1n) is 4.53. The maximum Gasteiger partial charge on any atom is 0.266 e. The molecule has 1 aromatic carbocycles. The van der Waals surface area contributed by atoms with E-state index in [4.69, 9.17) is 11.6 Å². The highest BCUT2D eigenvalue weighted by atomic mass is 127. The average Bonchev–Trinajstić information content (AvgIpc) is 2.30. The van der Waals surface area contributed by atoms with Crippen LogP contribution < -0.4 is 10.9 Å². The quantitative estimate of drug-likeness (QED) is 0.723. The summed E-state index contributed by atoms with van der Waals surface area (Å²) in [6, 6.07) is 5.42. The molecule has 0 spiro atoms. The summed E-state index contributed by atoms with van der Waals surface area (Å²) in [5, 5.41) is 3.58. The molecule has 0 bridgehead atoms. The zero-order valence-electron chi connectivity index (χ0n) is 8.30. The van der Waals surface area contributed by atoms with Gasteiger partial charge in [0, 0.05) is 4.47 Å². The number of nitrogens with one attached hydrogen (secondary N) is 2. The molecule has 4 nitrogen and oxygen atoms in total. The molecule has 0 atom stereocenters. The van der Waals surface area contributed by atoms with E-state index < -0.39 is 0 Å². The van der Waals surface area contributed by atoms with Crippen LogP contribution in [0.4, 0.5) is 11.5 Å². The van der Waals surface area contributed by atoms with Crippen LogP contribution in [0.3, 0.4) is 0 Å². The first-order chi connectivity index (χ1) is 8.08. The summed E-state index contributed by atoms with van der Waals surface area (Å²) in [7, 11) is 0. The number of anilines is 2. The van der Waals surface area contributed by atoms with E-state index in [0.29, 0.717) is 20.1 Å². The molecule has 2 rings (SSSR count). The molecule has 0 unspecified atom stereocenters. The van der Waals surface area contributed by atoms with Crippen molar-refractivity contribution in [3.05, 3.63) is 47.9 Å². The second-order valence-corrected chi connectivity index (χ2v) is 5.55. The van der Waals surface area contributed by atoms with E-state index in [1.54, 1.807) is 6.07 Å². The van der Waals surface area contributed by atoms with Crippen molar-refractivity contribution >= 4 is 61.6 Å². The molecule has 88 valence electrons. The van der Waals surface area contributed by atoms with E-state index in [-0.39, 0.29) is 5.56 Å². The van der Waals surface area contributed by atoms with Crippen LogP contribution >= 0.6 is 50.1 Å². The summed E-state index contributed by atoms with van der Waals surface area (Å²) in [5.41, 5.74) is 0.506. The second kappa shape index (κ2) is 5.36. The SMILES string of the molecule is O=c1[nH]cnc(Nc2cc(Br)ccc2Cl)c1I. The van der Waals surface area contributed by atoms with Gasteiger partial charge in [0.1, 0.15) is 3.57 Å². The van der Waals surface area contributed by atoms with E-state index >= 15 is 0 Å². The molecule has 1 heterocycles. The lowest BCUT2D eigenvalue weighted by atomic mass is 10.3. The van der Waals surface area contributed by atoms with Crippen LogP contribution in [0.1, 0.15) is 0 Å². The van der Waals surface area contributed by atoms with Gasteiger partial charge >= 0.3 is 0 Å². The molecule has 7 heteroatoms. The smallest absolute Gasteiger partial charge is 0.266 e. The van der Waals surface area contributed by atoms with Crippen LogP contribution in [-0.2, 0) is 0 Å². The highest BCUT2D eigenvalue weighted by molar-refractivity contribution is 14.1. The number of benzene rings is 1. The number of rotatable bonds is 2. The molecule has 0 aliphatic heterocycles. The monoisotopic (exact) mass is 425 g/mol. The third-order valence-corrected chi connectivity index (χ3v) is 3.80. The fraction of sp³-hybridized carbons (Fsp3) is 0. The van der Waals surface area contributed by atoms with Gasteiger partial charge in [0.2, 0.25) is 0 Å². The number of aromatic nitrogens is 2. The Labute approximate surface area is 124 Å². The second-order valence-electron chi connectivity index (χ2n) is 3.14. The van der Waals surface area contributed by atoms with Crippen molar-refractivity contribution in [3.8, 4) is 0 Å². The van der Waals surface area contributed by atoms with Crippen LogP contribution in [0.5, 0.6) is 0 Å². The number of nitrogens with zero attached hydrogens (tertiary/aromatic N) is 1. The maximum atomic E-state index is 11.4. The Kier molecular flexibility index (Phi) is 4.05. The number of hydrogen-bond acceptors (Lipinski definition) is 3. The van der Waals surface area contributed by atoms with Crippen molar-refractivity contribution < 1.29 is 0 Å². The predicted molar refractivity (Wildman–Crippen MR) is 80.0 cm³/mol. The van der Waals surface area contributed by atoms with Crippen molar-refractivity contribution in [2.45, 2.75) is 0 Å². The zero-order chi connectivity index (χ0) is 12.4. The van der Waals surface area contributed by atoms with Crippen molar-refractivity contribution in [2.75, 3.05) is 5.32 Å². The summed E-state index contributed by atoms with van der Waals surface area (Å²) in [4.78, 5) is 17.9. The Balaban J connectivity index is 2.41. The highest BCUT2D eigenvalue weighted by Crippen LogP contribution is 2.28. The Bertz CT molecular complexity index is 617. The largest absolute Gasteiger partial charge is 0.338 e. The van der Waals surface area contributed by atoms with Crippen molar-refractivity contribution in [1.29, 1.82) is 0 Å². The predicted octanol–water partition coefficient (Wildman–Crippen LogP) is 3.53. The minimum Gasteiger partial charge on any atom is -0.338 e. The maximum absolute atomic E-state index is 11.4. The molecule has 0 amide bonds. The van der Waals surface area contributed by atoms with E-state index in [0.717, 1.165) is 4.47 Å². The van der Waals surface area contributed by atoms with E-state index in [1.165, 1.54) is 6.33 Å². The molecule has 0 aliphatic rings. The molecular weight excluding hydrogens is 420 g/mol. The summed E-state index contributed by atoms with van der Waals surface area (Å²) >= 11 is 11.3. The molecule has 2 N–H and O–H groups in total. The van der Waals surface area contributed by atoms with Crippen LogP contribution in [0.15, 0.2) is 33.8 Å². The molecule has 2 aromatic rings. The lowest BCUT2D eigenvalue weighted by Crippen LogP contribution is -2.13. The van der Waals surface area contributed by atoms with Crippen molar-refractivity contribution in [3.63, 3.8) is 0 Å². The molecule has 0 aliphatic carbocycles. The Morgan fingerprint density at radius 3 is 3.00 bits per heavy atom. The lowest BCUT2D eigenvalue weighted by Gasteiger charge is -2.08. The Morgan fingerprint density at radius 1 is 1.47 bits per heavy atom. The minimum atomic E-state index is -0.186. The zero-order valence-corrected chi connectivity index (χ0v) is 12.8. The van der Waals surface area contributed by atoms with Gasteiger partial charge in [0.15, 0.2) is 5.82 Å². The van der Waals surface area contributed by atoms with Gasteiger partial charge in [0.05, 0.1) is 17.0 Å². The summed E-state index contributed by atoms with van der Waals surface area (Å²) in [6.45, 7) is 0. The first-order valence-corrected chi connectivity index (χ1v) is 6.78. The van der Waals surface area contributed by atoms with Crippen LogP contribution in [0.2, 0.25) is 5.02 Å². The van der Waals surface area contributed by atoms with Gasteiger partial charge in [-0.1, -0.05) is 27.5 Å². The number of hydrogen-bond donors (Lipinski definition) is 2. The normalized spacial score (nSPS) is 10.3. The summed E-state index contributed by atoms with van der Waals surface area (Å²) in [6.07, 6.45) is 1.35. The molecule has 0 fully saturated rings. The third kappa shape index (κ3) is 2.99. The fourth-order valence-electron chi connectivity index (χ4n) is 1.19. The molecule has 0 saturated carbocycles. The highest BCUT2D eigenvalue weighted by Gasteiger charge is 2.07. The molecule has 0 radical (unpaired) electrons. The van der Waals surface area contributed by atoms with Gasteiger partial charge in [-0.05, 0) is 40.8 Å². The van der Waals surface area contributed by atoms with Gasteiger partial charge in [-0.3, -0.25) is 4.79 Å². The Morgan fingerprint density at radius 2 is 2.24 bits per heavy atom. The number of aromatic amines is 1. The van der Waals surface area contributed by atoms with E-state index in [9.17, 15) is 4.79 Å². The van der Waals surface area contributed by atoms with E-state index in [2.05, 4.69) is 31.2 Å². The van der Waals surface area contributed by atoms with E-state index in [1.807, 2.05) is 34.7 Å². The minimum absolute atomic E-state index is 0.186. The van der Waals surface area contributed by atoms with Crippen molar-refractivity contribution in [1.82, 2.24) is 9.97 Å². The number of H-pyrrole nitrogens is 1. The molecular formula is C10H6BrClIN3O. The van der Waals surface area contributed by atoms with Crippen LogP contribution in [0.25, 0.3) is 0 Å². The van der Waals surface area contributed by atoms with Gasteiger partial charge in [-0.25, -0.2) is 4.98 Å². The molecule has 17 heavy (non-hydrogen) atoms. The van der Waals surface area contributed by atoms with Gasteiger partial charge in [-0.15, -0.1) is 0 Å². The van der Waals surface area contributed by atoms with Gasteiger partial charge < -0.3 is 10.3 Å². The summed E-state index contributed by atoms with van der Waals surface area (Å²) in [5.74, 6) is 0.481. The van der Waals surface area contributed by atoms with Gasteiger partial charge in [0.25, 0.3) is 5.56 Å². The standard InChI is InChI=1S/C10H6BrClIN3O/c11-5-1-2-6(12)7(3-5)16-9-8(13)10(17)15-4-14-9/h1-4H,(H2,14,15,16,17). The first kappa shape index (κ1) is 12.8. The lowest BCUT2D eigenvalue weighted by molar-refractivity contribution is 1.10. The van der Waals surface area contributed by atoms with Crippen LogP contribution in [-0.4, -0.2) is 9.97 Å². The summed E-state index contributed by atoms with van der Waals surface area (Å²) < 4.78 is 1.38. The Hall–Kier alpha value is -0.600. The third-order valence-electron chi connectivity index (χ3n) is 1.98.